The first-order valence-corrected chi connectivity index (χ1v) is 10.5. The van der Waals surface area contributed by atoms with Crippen molar-refractivity contribution in [3.63, 3.8) is 0 Å². The van der Waals surface area contributed by atoms with Gasteiger partial charge in [0.15, 0.2) is 23.0 Å². The van der Waals surface area contributed by atoms with E-state index in [9.17, 15) is 14.7 Å². The molecule has 0 saturated heterocycles. The lowest BCUT2D eigenvalue weighted by Gasteiger charge is -2.35. The summed E-state index contributed by atoms with van der Waals surface area (Å²) < 4.78 is 37.5. The zero-order valence-corrected chi connectivity index (χ0v) is 20.6. The van der Waals surface area contributed by atoms with Gasteiger partial charge in [0, 0.05) is 17.0 Å². The minimum atomic E-state index is -1.29. The lowest BCUT2D eigenvalue weighted by Crippen LogP contribution is -2.34. The highest BCUT2D eigenvalue weighted by molar-refractivity contribution is 6.04. The van der Waals surface area contributed by atoms with Gasteiger partial charge in [-0.15, -0.1) is 0 Å². The van der Waals surface area contributed by atoms with Gasteiger partial charge in [0.25, 0.3) is 0 Å². The van der Waals surface area contributed by atoms with E-state index >= 15 is 0 Å². The maximum atomic E-state index is 13.2. The summed E-state index contributed by atoms with van der Waals surface area (Å²) in [5.74, 6) is -2.70. The molecule has 10 heteroatoms. The van der Waals surface area contributed by atoms with Crippen LogP contribution >= 0.6 is 0 Å². The van der Waals surface area contributed by atoms with Crippen molar-refractivity contribution >= 4 is 17.7 Å². The summed E-state index contributed by atoms with van der Waals surface area (Å²) in [6.07, 6.45) is 0. The molecule has 0 spiro atoms. The molecule has 2 aromatic carbocycles. The molecule has 2 aromatic rings. The van der Waals surface area contributed by atoms with Crippen LogP contribution in [-0.4, -0.2) is 66.8 Å². The smallest absolute Gasteiger partial charge is 0.338 e. The first-order valence-electron chi connectivity index (χ1n) is 10.5. The number of hydrogen-bond acceptors (Lipinski definition) is 10. The largest absolute Gasteiger partial charge is 0.507 e. The third-order valence-corrected chi connectivity index (χ3v) is 5.96. The molecular formula is C25H28O10. The van der Waals surface area contributed by atoms with Crippen LogP contribution < -0.4 is 23.7 Å². The molecule has 10 nitrogen and oxygen atoms in total. The van der Waals surface area contributed by atoms with Gasteiger partial charge in [0.2, 0.25) is 5.75 Å². The SMILES string of the molecule is COC(=O)C1=C(O)c2cc(OC)c(OC)c(OC)c2[C@H](c2ccc(OC)c(OC)c2)[C@H]1C(=O)OC. The predicted octanol–water partition coefficient (Wildman–Crippen LogP) is 3.11. The van der Waals surface area contributed by atoms with Crippen molar-refractivity contribution in [1.82, 2.24) is 0 Å². The Hall–Kier alpha value is -4.08. The molecule has 0 bridgehead atoms. The molecule has 0 saturated carbocycles. The number of hydrogen-bond donors (Lipinski definition) is 1. The van der Waals surface area contributed by atoms with E-state index in [1.54, 1.807) is 18.2 Å². The van der Waals surface area contributed by atoms with E-state index in [-0.39, 0.29) is 28.4 Å². The van der Waals surface area contributed by atoms with Gasteiger partial charge in [-0.1, -0.05) is 6.07 Å². The molecule has 2 atom stereocenters. The average Bonchev–Trinajstić information content (AvgIpc) is 2.90. The molecule has 3 rings (SSSR count). The Kier molecular flexibility index (Phi) is 7.63. The summed E-state index contributed by atoms with van der Waals surface area (Å²) in [6.45, 7) is 0. The van der Waals surface area contributed by atoms with Crippen LogP contribution in [0.2, 0.25) is 0 Å². The van der Waals surface area contributed by atoms with E-state index < -0.39 is 29.5 Å². The second-order valence-electron chi connectivity index (χ2n) is 7.45. The Morgan fingerprint density at radius 2 is 1.37 bits per heavy atom. The van der Waals surface area contributed by atoms with Crippen LogP contribution in [0, 0.1) is 5.92 Å². The highest BCUT2D eigenvalue weighted by atomic mass is 16.5. The molecule has 0 aliphatic heterocycles. The van der Waals surface area contributed by atoms with Crippen LogP contribution in [0.25, 0.3) is 5.76 Å². The maximum absolute atomic E-state index is 13.2. The Bertz CT molecular complexity index is 1170. The van der Waals surface area contributed by atoms with Gasteiger partial charge in [-0.25, -0.2) is 4.79 Å². The van der Waals surface area contributed by atoms with Gasteiger partial charge >= 0.3 is 11.9 Å². The van der Waals surface area contributed by atoms with Gasteiger partial charge < -0.3 is 38.3 Å². The van der Waals surface area contributed by atoms with Crippen molar-refractivity contribution in [2.45, 2.75) is 5.92 Å². The van der Waals surface area contributed by atoms with Crippen molar-refractivity contribution < 1.29 is 47.9 Å². The molecule has 1 aliphatic rings. The molecule has 0 fully saturated rings. The summed E-state index contributed by atoms with van der Waals surface area (Å²) in [6, 6.07) is 6.58. The minimum Gasteiger partial charge on any atom is -0.507 e. The molecular weight excluding hydrogens is 460 g/mol. The van der Waals surface area contributed by atoms with Gasteiger partial charge in [-0.2, -0.15) is 0 Å². The number of benzene rings is 2. The Labute approximate surface area is 202 Å². The number of carbonyl (C=O) groups excluding carboxylic acids is 2. The number of rotatable bonds is 8. The fourth-order valence-corrected chi connectivity index (χ4v) is 4.43. The first kappa shape index (κ1) is 25.5. The summed E-state index contributed by atoms with van der Waals surface area (Å²) in [4.78, 5) is 26.0. The van der Waals surface area contributed by atoms with Gasteiger partial charge in [-0.05, 0) is 23.8 Å². The van der Waals surface area contributed by atoms with Crippen LogP contribution in [-0.2, 0) is 19.1 Å². The van der Waals surface area contributed by atoms with E-state index in [0.717, 1.165) is 7.11 Å². The average molecular weight is 488 g/mol. The third-order valence-electron chi connectivity index (χ3n) is 5.96. The first-order chi connectivity index (χ1) is 16.8. The van der Waals surface area contributed by atoms with Crippen molar-refractivity contribution in [1.29, 1.82) is 0 Å². The van der Waals surface area contributed by atoms with Crippen LogP contribution in [0.1, 0.15) is 22.6 Å². The molecule has 188 valence electrons. The Morgan fingerprint density at radius 3 is 1.89 bits per heavy atom. The van der Waals surface area contributed by atoms with E-state index in [1.165, 1.54) is 48.7 Å². The van der Waals surface area contributed by atoms with Crippen LogP contribution in [0.4, 0.5) is 0 Å². The van der Waals surface area contributed by atoms with Gasteiger partial charge in [-0.3, -0.25) is 4.79 Å². The van der Waals surface area contributed by atoms with Crippen molar-refractivity contribution in [3.05, 3.63) is 46.5 Å². The number of aliphatic hydroxyl groups is 1. The fraction of sp³-hybridized carbons (Fsp3) is 0.360. The molecule has 0 aromatic heterocycles. The van der Waals surface area contributed by atoms with E-state index in [0.29, 0.717) is 22.6 Å². The number of esters is 2. The lowest BCUT2D eigenvalue weighted by molar-refractivity contribution is -0.148. The third kappa shape index (κ3) is 4.16. The van der Waals surface area contributed by atoms with Crippen LogP contribution in [0.15, 0.2) is 29.8 Å². The fourth-order valence-electron chi connectivity index (χ4n) is 4.43. The molecule has 1 N–H and O–H groups in total. The number of methoxy groups -OCH3 is 7. The van der Waals surface area contributed by atoms with Crippen molar-refractivity contribution in [2.24, 2.45) is 5.92 Å². The predicted molar refractivity (Wildman–Crippen MR) is 125 cm³/mol. The molecule has 35 heavy (non-hydrogen) atoms. The molecule has 0 radical (unpaired) electrons. The number of fused-ring (bicyclic) bond motifs is 1. The number of ether oxygens (including phenoxy) is 7. The minimum absolute atomic E-state index is 0.208. The second-order valence-corrected chi connectivity index (χ2v) is 7.45. The maximum Gasteiger partial charge on any atom is 0.338 e. The number of aliphatic hydroxyl groups excluding tert-OH is 1. The zero-order chi connectivity index (χ0) is 25.9. The van der Waals surface area contributed by atoms with Gasteiger partial charge in [0.05, 0.1) is 55.3 Å². The van der Waals surface area contributed by atoms with E-state index in [4.69, 9.17) is 33.2 Å². The lowest BCUT2D eigenvalue weighted by atomic mass is 9.70. The molecule has 1 aliphatic carbocycles. The Balaban J connectivity index is 2.52. The highest BCUT2D eigenvalue weighted by Gasteiger charge is 2.48. The van der Waals surface area contributed by atoms with Gasteiger partial charge in [0.1, 0.15) is 11.7 Å². The zero-order valence-electron chi connectivity index (χ0n) is 20.6. The number of carbonyl (C=O) groups is 2. The summed E-state index contributed by atoms with van der Waals surface area (Å²) >= 11 is 0. The van der Waals surface area contributed by atoms with Crippen molar-refractivity contribution in [3.8, 4) is 28.7 Å². The Morgan fingerprint density at radius 1 is 0.743 bits per heavy atom. The quantitative estimate of drug-likeness (QED) is 0.555. The summed E-state index contributed by atoms with van der Waals surface area (Å²) in [5, 5.41) is 11.3. The normalized spacial score (nSPS) is 16.7. The van der Waals surface area contributed by atoms with Crippen LogP contribution in [0.3, 0.4) is 0 Å². The van der Waals surface area contributed by atoms with Crippen LogP contribution in [0.5, 0.6) is 28.7 Å². The molecule has 0 unspecified atom stereocenters. The standard InChI is InChI=1S/C25H28O10/c1-29-14-9-8-12(10-15(14)30-2)17-18-13(11-16(31-3)22(32-4)23(18)33-5)21(26)20(25(28)35-7)19(17)24(27)34-6/h8-11,17,19,26H,1-7H3/t17-,19+/m0/s1. The molecule has 0 amide bonds. The molecule has 0 heterocycles. The topological polar surface area (TPSA) is 119 Å². The summed E-state index contributed by atoms with van der Waals surface area (Å²) in [5.41, 5.74) is 0.886. The second kappa shape index (κ2) is 10.5. The monoisotopic (exact) mass is 488 g/mol. The highest BCUT2D eigenvalue weighted by Crippen LogP contribution is 2.55. The van der Waals surface area contributed by atoms with E-state index in [1.807, 2.05) is 0 Å². The summed E-state index contributed by atoms with van der Waals surface area (Å²) in [7, 11) is 9.63. The van der Waals surface area contributed by atoms with E-state index in [2.05, 4.69) is 0 Å². The van der Waals surface area contributed by atoms with Crippen molar-refractivity contribution in [2.75, 3.05) is 49.8 Å².